The average Bonchev–Trinajstić information content (AvgIpc) is 2.48. The predicted molar refractivity (Wildman–Crippen MR) is 96.4 cm³/mol. The Kier molecular flexibility index (Phi) is 5.07. The fraction of sp³-hybridized carbons (Fsp3) is 0.333. The Morgan fingerprint density at radius 3 is 2.00 bits per heavy atom. The lowest BCUT2D eigenvalue weighted by atomic mass is 9.84. The lowest BCUT2D eigenvalue weighted by molar-refractivity contribution is 0.474. The number of aromatic hydroxyl groups is 1. The fourth-order valence-corrected chi connectivity index (χ4v) is 2.91. The maximum absolute atomic E-state index is 10.0. The van der Waals surface area contributed by atoms with Crippen LogP contribution in [0.3, 0.4) is 0 Å². The van der Waals surface area contributed by atoms with Crippen molar-refractivity contribution < 1.29 is 5.11 Å². The maximum Gasteiger partial charge on any atom is 0.122 e. The minimum atomic E-state index is 0.329. The zero-order chi connectivity index (χ0) is 16.3. The zero-order valence-electron chi connectivity index (χ0n) is 14.2. The van der Waals surface area contributed by atoms with Crippen LogP contribution in [-0.4, -0.2) is 5.11 Å². The molecule has 1 N–H and O–H groups in total. The van der Waals surface area contributed by atoms with Crippen LogP contribution in [0.4, 0.5) is 0 Å². The van der Waals surface area contributed by atoms with Crippen LogP contribution < -0.4 is 0 Å². The van der Waals surface area contributed by atoms with E-state index in [0.717, 1.165) is 5.56 Å². The molecule has 0 saturated heterocycles. The summed E-state index contributed by atoms with van der Waals surface area (Å²) < 4.78 is 0. The molecule has 0 unspecified atom stereocenters. The second kappa shape index (κ2) is 6.83. The van der Waals surface area contributed by atoms with Crippen molar-refractivity contribution in [2.45, 2.75) is 46.5 Å². The van der Waals surface area contributed by atoms with E-state index < -0.39 is 0 Å². The molecule has 2 aromatic rings. The number of rotatable bonds is 4. The van der Waals surface area contributed by atoms with Gasteiger partial charge in [0.05, 0.1) is 0 Å². The summed E-state index contributed by atoms with van der Waals surface area (Å²) in [6, 6.07) is 12.5. The van der Waals surface area contributed by atoms with Gasteiger partial charge in [0.15, 0.2) is 0 Å². The molecule has 0 aliphatic rings. The number of phenols is 1. The molecule has 2 aromatic carbocycles. The van der Waals surface area contributed by atoms with Gasteiger partial charge in [-0.1, -0.05) is 64.1 Å². The Bertz CT molecular complexity index is 652. The van der Waals surface area contributed by atoms with Crippen LogP contribution in [0.5, 0.6) is 5.75 Å². The molecule has 0 aromatic heterocycles. The first-order chi connectivity index (χ1) is 10.5. The van der Waals surface area contributed by atoms with Crippen molar-refractivity contribution in [3.63, 3.8) is 0 Å². The highest BCUT2D eigenvalue weighted by Crippen LogP contribution is 2.37. The second-order valence-electron chi connectivity index (χ2n) is 6.39. The minimum Gasteiger partial charge on any atom is -0.507 e. The van der Waals surface area contributed by atoms with E-state index in [2.05, 4.69) is 52.0 Å². The number of phenolic OH excluding ortho intramolecular Hbond substituents is 1. The lowest BCUT2D eigenvalue weighted by Crippen LogP contribution is -1.99. The van der Waals surface area contributed by atoms with Crippen molar-refractivity contribution in [2.24, 2.45) is 0 Å². The summed E-state index contributed by atoms with van der Waals surface area (Å²) >= 11 is 0. The Balaban J connectivity index is 2.72. The quantitative estimate of drug-likeness (QED) is 0.697. The van der Waals surface area contributed by atoms with Crippen molar-refractivity contribution >= 4 is 6.08 Å². The maximum atomic E-state index is 10.0. The van der Waals surface area contributed by atoms with Gasteiger partial charge in [0, 0.05) is 5.56 Å². The van der Waals surface area contributed by atoms with Gasteiger partial charge in [-0.3, -0.25) is 0 Å². The van der Waals surface area contributed by atoms with Crippen LogP contribution in [0.1, 0.15) is 63.1 Å². The van der Waals surface area contributed by atoms with Crippen molar-refractivity contribution in [1.29, 1.82) is 0 Å². The van der Waals surface area contributed by atoms with Crippen LogP contribution in [0, 0.1) is 0 Å². The molecule has 0 saturated carbocycles. The molecule has 0 heterocycles. The van der Waals surface area contributed by atoms with E-state index in [0.29, 0.717) is 17.6 Å². The first-order valence-electron chi connectivity index (χ1n) is 8.04. The summed E-state index contributed by atoms with van der Waals surface area (Å²) in [4.78, 5) is 0. The van der Waals surface area contributed by atoms with E-state index in [1.807, 2.05) is 25.1 Å². The summed E-state index contributed by atoms with van der Waals surface area (Å²) in [6.07, 6.45) is 3.91. The van der Waals surface area contributed by atoms with Crippen molar-refractivity contribution in [3.05, 3.63) is 59.2 Å². The van der Waals surface area contributed by atoms with Gasteiger partial charge in [-0.2, -0.15) is 0 Å². The first kappa shape index (κ1) is 16.4. The molecule has 0 aliphatic carbocycles. The van der Waals surface area contributed by atoms with E-state index in [1.165, 1.54) is 22.3 Å². The molecule has 0 radical (unpaired) electrons. The zero-order valence-corrected chi connectivity index (χ0v) is 14.2. The molecule has 1 heteroatoms. The monoisotopic (exact) mass is 294 g/mol. The highest BCUT2D eigenvalue weighted by molar-refractivity contribution is 5.76. The van der Waals surface area contributed by atoms with Gasteiger partial charge < -0.3 is 5.11 Å². The van der Waals surface area contributed by atoms with E-state index in [4.69, 9.17) is 0 Å². The van der Waals surface area contributed by atoms with E-state index in [1.54, 1.807) is 6.07 Å². The molecule has 1 nitrogen and oxygen atoms in total. The Labute approximate surface area is 134 Å². The number of hydrogen-bond acceptors (Lipinski definition) is 1. The normalized spacial score (nSPS) is 11.8. The predicted octanol–water partition coefficient (Wildman–Crippen LogP) is 6.34. The molecule has 22 heavy (non-hydrogen) atoms. The fourth-order valence-electron chi connectivity index (χ4n) is 2.91. The third-order valence-corrected chi connectivity index (χ3v) is 4.04. The Hall–Kier alpha value is -2.02. The molecule has 0 bridgehead atoms. The van der Waals surface area contributed by atoms with E-state index in [-0.39, 0.29) is 0 Å². The number of allylic oxidation sites excluding steroid dienone is 1. The van der Waals surface area contributed by atoms with Gasteiger partial charge in [0.2, 0.25) is 0 Å². The molecule has 116 valence electrons. The average molecular weight is 294 g/mol. The van der Waals surface area contributed by atoms with Crippen LogP contribution in [0.25, 0.3) is 17.2 Å². The largest absolute Gasteiger partial charge is 0.507 e. The summed E-state index contributed by atoms with van der Waals surface area (Å²) in [5.41, 5.74) is 6.09. The summed E-state index contributed by atoms with van der Waals surface area (Å²) in [6.45, 7) is 10.9. The minimum absolute atomic E-state index is 0.329. The standard InChI is InChI=1S/C21H26O/c1-6-8-16-13-17(11-12-20(16)22)21-18(14(2)3)9-7-10-19(21)15(4)5/h6-15,22H,1-5H3. The summed E-state index contributed by atoms with van der Waals surface area (Å²) in [7, 11) is 0. The second-order valence-corrected chi connectivity index (χ2v) is 6.39. The highest BCUT2D eigenvalue weighted by atomic mass is 16.3. The smallest absolute Gasteiger partial charge is 0.122 e. The van der Waals surface area contributed by atoms with Gasteiger partial charge in [-0.05, 0) is 53.1 Å². The van der Waals surface area contributed by atoms with Crippen LogP contribution >= 0.6 is 0 Å². The van der Waals surface area contributed by atoms with Gasteiger partial charge in [0.25, 0.3) is 0 Å². The molecule has 0 spiro atoms. The third kappa shape index (κ3) is 3.24. The molecule has 2 rings (SSSR count). The third-order valence-electron chi connectivity index (χ3n) is 4.04. The van der Waals surface area contributed by atoms with Crippen molar-refractivity contribution in [2.75, 3.05) is 0 Å². The van der Waals surface area contributed by atoms with Crippen molar-refractivity contribution in [1.82, 2.24) is 0 Å². The van der Waals surface area contributed by atoms with Crippen molar-refractivity contribution in [3.8, 4) is 16.9 Å². The van der Waals surface area contributed by atoms with Crippen LogP contribution in [0.2, 0.25) is 0 Å². The molecular formula is C21H26O. The number of hydrogen-bond donors (Lipinski definition) is 1. The van der Waals surface area contributed by atoms with Crippen LogP contribution in [0.15, 0.2) is 42.5 Å². The topological polar surface area (TPSA) is 20.2 Å². The Morgan fingerprint density at radius 1 is 0.909 bits per heavy atom. The molecule has 0 atom stereocenters. The van der Waals surface area contributed by atoms with Gasteiger partial charge >= 0.3 is 0 Å². The molecule has 0 aliphatic heterocycles. The summed E-state index contributed by atoms with van der Waals surface area (Å²) in [5, 5.41) is 10.0. The van der Waals surface area contributed by atoms with Gasteiger partial charge in [0.1, 0.15) is 5.75 Å². The van der Waals surface area contributed by atoms with Gasteiger partial charge in [-0.25, -0.2) is 0 Å². The molecule has 0 amide bonds. The SMILES string of the molecule is CC=Cc1cc(-c2c(C(C)C)cccc2C(C)C)ccc1O. The highest BCUT2D eigenvalue weighted by Gasteiger charge is 2.16. The molecule has 0 fully saturated rings. The van der Waals surface area contributed by atoms with E-state index >= 15 is 0 Å². The molecular weight excluding hydrogens is 268 g/mol. The summed E-state index contributed by atoms with van der Waals surface area (Å²) in [5.74, 6) is 1.26. The van der Waals surface area contributed by atoms with Gasteiger partial charge in [-0.15, -0.1) is 0 Å². The van der Waals surface area contributed by atoms with Crippen LogP contribution in [-0.2, 0) is 0 Å². The van der Waals surface area contributed by atoms with E-state index in [9.17, 15) is 5.11 Å². The number of benzene rings is 2. The lowest BCUT2D eigenvalue weighted by Gasteiger charge is -2.20. The first-order valence-corrected chi connectivity index (χ1v) is 8.04. The Morgan fingerprint density at radius 2 is 1.50 bits per heavy atom.